The molecule has 0 aromatic heterocycles. The Labute approximate surface area is 110 Å². The van der Waals surface area contributed by atoms with Gasteiger partial charge in [0.15, 0.2) is 0 Å². The van der Waals surface area contributed by atoms with Crippen LogP contribution >= 0.6 is 0 Å². The Morgan fingerprint density at radius 1 is 1.00 bits per heavy atom. The average Bonchev–Trinajstić information content (AvgIpc) is 2.10. The van der Waals surface area contributed by atoms with E-state index in [1.54, 1.807) is 0 Å². The van der Waals surface area contributed by atoms with E-state index < -0.39 is 24.0 Å². The molecule has 1 atom stereocenters. The molecule has 0 aliphatic heterocycles. The van der Waals surface area contributed by atoms with Crippen LogP contribution in [-0.4, -0.2) is 76.6 Å². The van der Waals surface area contributed by atoms with Crippen LogP contribution in [0.3, 0.4) is 0 Å². The van der Waals surface area contributed by atoms with Crippen molar-refractivity contribution < 1.29 is 39.3 Å². The second-order valence-corrected chi connectivity index (χ2v) is 4.73. The zero-order chi connectivity index (χ0) is 15.6. The van der Waals surface area contributed by atoms with Crippen molar-refractivity contribution in [3.63, 3.8) is 0 Å². The van der Waals surface area contributed by atoms with Crippen LogP contribution in [0.1, 0.15) is 6.42 Å². The van der Waals surface area contributed by atoms with Crippen LogP contribution in [0.4, 0.5) is 0 Å². The summed E-state index contributed by atoms with van der Waals surface area (Å²) in [6.07, 6.45) is 0.202. The van der Waals surface area contributed by atoms with E-state index in [-0.39, 0.29) is 6.42 Å². The predicted octanol–water partition coefficient (Wildman–Crippen LogP) is -0.760. The average molecular weight is 278 g/mol. The maximum Gasteiger partial charge on any atom is 0.328 e. The van der Waals surface area contributed by atoms with Crippen molar-refractivity contribution in [1.29, 1.82) is 0 Å². The number of carbonyl (C=O) groups is 3. The Hall–Kier alpha value is -1.93. The molecule has 0 spiro atoms. The Morgan fingerprint density at radius 3 is 1.58 bits per heavy atom. The van der Waals surface area contributed by atoms with E-state index in [0.29, 0.717) is 23.2 Å². The van der Waals surface area contributed by atoms with Gasteiger partial charge in [0.25, 0.3) is 0 Å². The molecule has 8 heteroatoms. The monoisotopic (exact) mass is 278 g/mol. The zero-order valence-electron chi connectivity index (χ0n) is 11.1. The Kier molecular flexibility index (Phi) is 9.26. The number of carboxylic acid groups (broad SMARTS) is 3. The Morgan fingerprint density at radius 2 is 1.37 bits per heavy atom. The van der Waals surface area contributed by atoms with E-state index >= 15 is 0 Å². The van der Waals surface area contributed by atoms with Crippen molar-refractivity contribution in [2.45, 2.75) is 12.5 Å². The van der Waals surface area contributed by atoms with Gasteiger partial charge in [0, 0.05) is 12.2 Å². The number of aliphatic hydroxyl groups is 1. The second-order valence-electron chi connectivity index (χ2n) is 4.73. The van der Waals surface area contributed by atoms with E-state index in [1.165, 1.54) is 0 Å². The molecule has 0 aliphatic rings. The van der Waals surface area contributed by atoms with Crippen molar-refractivity contribution in [3.05, 3.63) is 12.2 Å². The number of hydrogen-bond acceptors (Lipinski definition) is 4. The summed E-state index contributed by atoms with van der Waals surface area (Å²) < 4.78 is 0.578. The number of hydrogen-bond donors (Lipinski definition) is 4. The number of rotatable bonds is 6. The first-order valence-electron chi connectivity index (χ1n) is 5.28. The molecule has 1 unspecified atom stereocenters. The largest absolute Gasteiger partial charge is 0.481 e. The minimum absolute atomic E-state index is 0.171. The first-order chi connectivity index (χ1) is 8.44. The lowest BCUT2D eigenvalue weighted by Crippen LogP contribution is -2.42. The highest BCUT2D eigenvalue weighted by molar-refractivity contribution is 5.89. The molecule has 0 rings (SSSR count). The van der Waals surface area contributed by atoms with Crippen molar-refractivity contribution in [3.8, 4) is 0 Å². The summed E-state index contributed by atoms with van der Waals surface area (Å²) in [7, 11) is 5.72. The molecule has 0 bridgehead atoms. The molecular weight excluding hydrogens is 258 g/mol. The van der Waals surface area contributed by atoms with Gasteiger partial charge in [-0.25, -0.2) is 9.59 Å². The van der Waals surface area contributed by atoms with E-state index in [1.807, 2.05) is 21.1 Å². The molecule has 4 N–H and O–H groups in total. The van der Waals surface area contributed by atoms with Crippen LogP contribution in [-0.2, 0) is 14.4 Å². The van der Waals surface area contributed by atoms with Gasteiger partial charge in [-0.2, -0.15) is 0 Å². The van der Waals surface area contributed by atoms with Crippen molar-refractivity contribution >= 4 is 17.9 Å². The fourth-order valence-corrected chi connectivity index (χ4v) is 1.04. The van der Waals surface area contributed by atoms with Crippen LogP contribution < -0.4 is 0 Å². The molecule has 0 amide bonds. The van der Waals surface area contributed by atoms with Crippen LogP contribution in [0, 0.1) is 0 Å². The smallest absolute Gasteiger partial charge is 0.328 e. The fourth-order valence-electron chi connectivity index (χ4n) is 1.04. The van der Waals surface area contributed by atoms with Crippen molar-refractivity contribution in [2.24, 2.45) is 0 Å². The number of aliphatic hydroxyl groups excluding tert-OH is 1. The number of aliphatic carboxylic acids is 3. The highest BCUT2D eigenvalue weighted by atomic mass is 16.4. The normalized spacial score (nSPS) is 12.4. The van der Waals surface area contributed by atoms with Crippen molar-refractivity contribution in [2.75, 3.05) is 27.7 Å². The highest BCUT2D eigenvalue weighted by Crippen LogP contribution is 1.98. The molecule has 8 nitrogen and oxygen atoms in total. The lowest BCUT2D eigenvalue weighted by molar-refractivity contribution is -0.873. The third-order valence-corrected chi connectivity index (χ3v) is 1.54. The summed E-state index contributed by atoms with van der Waals surface area (Å²) >= 11 is 0. The van der Waals surface area contributed by atoms with Crippen LogP contribution in [0.25, 0.3) is 0 Å². The summed E-state index contributed by atoms with van der Waals surface area (Å²) in [5, 5.41) is 33.1. The second kappa shape index (κ2) is 9.06. The lowest BCUT2D eigenvalue weighted by atomic mass is 10.2. The molecular formula is C11H20NO7+. The SMILES string of the molecule is C[N+](C)(C)CC(O)CC(=O)O.O=C(O)/C=C/C(=O)O. The first-order valence-corrected chi connectivity index (χ1v) is 5.28. The quantitative estimate of drug-likeness (QED) is 0.371. The predicted molar refractivity (Wildman–Crippen MR) is 65.6 cm³/mol. The Balaban J connectivity index is 0. The summed E-state index contributed by atoms with van der Waals surface area (Å²) in [6, 6.07) is 0. The van der Waals surface area contributed by atoms with Gasteiger partial charge in [-0.15, -0.1) is 0 Å². The first kappa shape index (κ1) is 19.4. The molecule has 0 saturated carbocycles. The number of likely N-dealkylation sites (N-methyl/N-ethyl adjacent to an activating group) is 1. The minimum atomic E-state index is -1.26. The van der Waals surface area contributed by atoms with Gasteiger partial charge >= 0.3 is 17.9 Å². The molecule has 0 aliphatic carbocycles. The fraction of sp³-hybridized carbons (Fsp3) is 0.545. The molecule has 0 fully saturated rings. The maximum absolute atomic E-state index is 10.1. The summed E-state index contributed by atoms with van der Waals surface area (Å²) in [6.45, 7) is 0.465. The third kappa shape index (κ3) is 21.8. The summed E-state index contributed by atoms with van der Waals surface area (Å²) in [5.41, 5.74) is 0. The van der Waals surface area contributed by atoms with Gasteiger partial charge in [-0.05, 0) is 0 Å². The summed E-state index contributed by atoms with van der Waals surface area (Å²) in [4.78, 5) is 29.2. The molecule has 0 radical (unpaired) electrons. The molecule has 110 valence electrons. The molecule has 0 aromatic rings. The van der Waals surface area contributed by atoms with E-state index in [9.17, 15) is 14.4 Å². The van der Waals surface area contributed by atoms with E-state index in [2.05, 4.69) is 0 Å². The van der Waals surface area contributed by atoms with Gasteiger partial charge in [-0.3, -0.25) is 4.79 Å². The van der Waals surface area contributed by atoms with Crippen LogP contribution in [0.15, 0.2) is 12.2 Å². The molecule has 0 saturated heterocycles. The van der Waals surface area contributed by atoms with E-state index in [0.717, 1.165) is 0 Å². The molecule has 0 aromatic carbocycles. The van der Waals surface area contributed by atoms with Gasteiger partial charge in [-0.1, -0.05) is 0 Å². The van der Waals surface area contributed by atoms with E-state index in [4.69, 9.17) is 20.4 Å². The minimum Gasteiger partial charge on any atom is -0.481 e. The third-order valence-electron chi connectivity index (χ3n) is 1.54. The standard InChI is InChI=1S/C7H15NO3.C4H4O4/c1-8(2,3)5-6(9)4-7(10)11;5-3(6)1-2-4(7)8/h6,9H,4-5H2,1-3H3;1-2H,(H,5,6)(H,7,8)/p+1/b;2-1+. The lowest BCUT2D eigenvalue weighted by Gasteiger charge is -2.25. The van der Waals surface area contributed by atoms with Crippen LogP contribution in [0.2, 0.25) is 0 Å². The molecule has 19 heavy (non-hydrogen) atoms. The zero-order valence-corrected chi connectivity index (χ0v) is 11.1. The summed E-state index contributed by atoms with van der Waals surface area (Å²) in [5.74, 6) is -3.47. The topological polar surface area (TPSA) is 132 Å². The highest BCUT2D eigenvalue weighted by Gasteiger charge is 2.17. The van der Waals surface area contributed by atoms with Gasteiger partial charge < -0.3 is 24.9 Å². The van der Waals surface area contributed by atoms with Gasteiger partial charge in [0.2, 0.25) is 0 Å². The van der Waals surface area contributed by atoms with Crippen molar-refractivity contribution in [1.82, 2.24) is 0 Å². The number of nitrogens with zero attached hydrogens (tertiary/aromatic N) is 1. The maximum atomic E-state index is 10.1. The number of carboxylic acids is 3. The van der Waals surface area contributed by atoms with Gasteiger partial charge in [0.1, 0.15) is 12.6 Å². The number of quaternary nitrogens is 1. The van der Waals surface area contributed by atoms with Crippen LogP contribution in [0.5, 0.6) is 0 Å². The Bertz CT molecular complexity index is 327. The molecule has 0 heterocycles. The van der Waals surface area contributed by atoms with Gasteiger partial charge in [0.05, 0.1) is 27.6 Å².